The Labute approximate surface area is 140 Å². The number of halogens is 3. The van der Waals surface area contributed by atoms with E-state index in [4.69, 9.17) is 4.74 Å². The van der Waals surface area contributed by atoms with Gasteiger partial charge in [0.05, 0.1) is 4.47 Å². The smallest absolute Gasteiger partial charge is 0.256 e. The molecule has 0 bridgehead atoms. The van der Waals surface area contributed by atoms with Gasteiger partial charge >= 0.3 is 0 Å². The molecule has 2 rings (SSSR count). The number of pyridine rings is 1. The second-order valence-electron chi connectivity index (χ2n) is 4.80. The summed E-state index contributed by atoms with van der Waals surface area (Å²) in [6, 6.07) is 7.32. The molecule has 0 spiro atoms. The molecule has 1 heterocycles. The molecule has 3 nitrogen and oxygen atoms in total. The van der Waals surface area contributed by atoms with E-state index in [9.17, 15) is 4.39 Å². The molecule has 0 unspecified atom stereocenters. The number of nitrogens with zero attached hydrogens (tertiary/aromatic N) is 1. The van der Waals surface area contributed by atoms with Crippen molar-refractivity contribution in [1.29, 1.82) is 0 Å². The molecule has 1 aromatic heterocycles. The molecule has 0 atom stereocenters. The second kappa shape index (κ2) is 7.33. The Bertz CT molecular complexity index is 635. The van der Waals surface area contributed by atoms with Crippen LogP contribution in [-0.2, 0) is 6.54 Å². The van der Waals surface area contributed by atoms with E-state index in [-0.39, 0.29) is 11.9 Å². The summed E-state index contributed by atoms with van der Waals surface area (Å²) in [5, 5.41) is 3.17. The van der Waals surface area contributed by atoms with Crippen molar-refractivity contribution in [2.45, 2.75) is 26.4 Å². The van der Waals surface area contributed by atoms with Crippen LogP contribution in [0.25, 0.3) is 0 Å². The Morgan fingerprint density at radius 3 is 2.71 bits per heavy atom. The predicted octanol–water partition coefficient (Wildman–Crippen LogP) is 5.04. The van der Waals surface area contributed by atoms with Crippen LogP contribution in [0.15, 0.2) is 39.4 Å². The largest absolute Gasteiger partial charge is 0.435 e. The van der Waals surface area contributed by atoms with Gasteiger partial charge in [-0.25, -0.2) is 9.37 Å². The van der Waals surface area contributed by atoms with Gasteiger partial charge in [-0.3, -0.25) is 0 Å². The highest BCUT2D eigenvalue weighted by atomic mass is 79.9. The van der Waals surface area contributed by atoms with E-state index in [1.807, 2.05) is 26.0 Å². The normalized spacial score (nSPS) is 11.0. The SMILES string of the molecule is CC(C)NCc1ccnc(Oc2ccc(Br)cc2Br)c1F. The third-order valence-corrected chi connectivity index (χ3v) is 3.85. The van der Waals surface area contributed by atoms with Crippen LogP contribution < -0.4 is 10.1 Å². The quantitative estimate of drug-likeness (QED) is 0.740. The molecule has 2 aromatic rings. The molecule has 0 aliphatic heterocycles. The van der Waals surface area contributed by atoms with Gasteiger partial charge in [-0.2, -0.15) is 0 Å². The molecule has 0 saturated heterocycles. The van der Waals surface area contributed by atoms with Gasteiger partial charge in [-0.15, -0.1) is 0 Å². The lowest BCUT2D eigenvalue weighted by Crippen LogP contribution is -2.22. The number of rotatable bonds is 5. The van der Waals surface area contributed by atoms with Gasteiger partial charge in [0.1, 0.15) is 5.75 Å². The van der Waals surface area contributed by atoms with Crippen LogP contribution in [0.5, 0.6) is 11.6 Å². The van der Waals surface area contributed by atoms with Gasteiger partial charge in [-0.1, -0.05) is 29.8 Å². The Balaban J connectivity index is 2.22. The van der Waals surface area contributed by atoms with Gasteiger partial charge < -0.3 is 10.1 Å². The van der Waals surface area contributed by atoms with E-state index in [0.29, 0.717) is 17.9 Å². The van der Waals surface area contributed by atoms with Crippen molar-refractivity contribution in [1.82, 2.24) is 10.3 Å². The lowest BCUT2D eigenvalue weighted by molar-refractivity contribution is 0.414. The summed E-state index contributed by atoms with van der Waals surface area (Å²) >= 11 is 6.74. The van der Waals surface area contributed by atoms with Gasteiger partial charge in [0.2, 0.25) is 0 Å². The summed E-state index contributed by atoms with van der Waals surface area (Å²) in [7, 11) is 0. The standard InChI is InChI=1S/C15H15Br2FN2O/c1-9(2)20-8-10-5-6-19-15(14(10)18)21-13-4-3-11(16)7-12(13)17/h3-7,9,20H,8H2,1-2H3. The predicted molar refractivity (Wildman–Crippen MR) is 88.1 cm³/mol. The van der Waals surface area contributed by atoms with E-state index in [1.54, 1.807) is 18.3 Å². The fraction of sp³-hybridized carbons (Fsp3) is 0.267. The summed E-state index contributed by atoms with van der Waals surface area (Å²) in [5.74, 6) is 0.0418. The minimum atomic E-state index is -0.444. The van der Waals surface area contributed by atoms with Gasteiger partial charge in [0, 0.05) is 28.8 Å². The van der Waals surface area contributed by atoms with Crippen molar-refractivity contribution in [3.05, 3.63) is 50.8 Å². The molecule has 6 heteroatoms. The minimum absolute atomic E-state index is 0.0268. The van der Waals surface area contributed by atoms with Crippen molar-refractivity contribution in [2.75, 3.05) is 0 Å². The topological polar surface area (TPSA) is 34.2 Å². The molecular weight excluding hydrogens is 403 g/mol. The summed E-state index contributed by atoms with van der Waals surface area (Å²) in [5.41, 5.74) is 0.530. The molecular formula is C15H15Br2FN2O. The third kappa shape index (κ3) is 4.49. The third-order valence-electron chi connectivity index (χ3n) is 2.74. The van der Waals surface area contributed by atoms with E-state index in [2.05, 4.69) is 42.2 Å². The van der Waals surface area contributed by atoms with Crippen LogP contribution in [0, 0.1) is 5.82 Å². The first kappa shape index (κ1) is 16.4. The van der Waals surface area contributed by atoms with Crippen molar-refractivity contribution in [2.24, 2.45) is 0 Å². The molecule has 1 aromatic carbocycles. The molecule has 21 heavy (non-hydrogen) atoms. The highest BCUT2D eigenvalue weighted by Crippen LogP contribution is 2.32. The first-order chi connectivity index (χ1) is 9.97. The zero-order chi connectivity index (χ0) is 15.4. The summed E-state index contributed by atoms with van der Waals surface area (Å²) in [4.78, 5) is 3.97. The average molecular weight is 418 g/mol. The van der Waals surface area contributed by atoms with Crippen LogP contribution in [0.2, 0.25) is 0 Å². The molecule has 1 N–H and O–H groups in total. The fourth-order valence-corrected chi connectivity index (χ4v) is 2.77. The molecule has 0 radical (unpaired) electrons. The summed E-state index contributed by atoms with van der Waals surface area (Å²) in [6.45, 7) is 4.45. The molecule has 0 fully saturated rings. The van der Waals surface area contributed by atoms with Gasteiger partial charge in [-0.05, 0) is 40.2 Å². The Morgan fingerprint density at radius 2 is 2.05 bits per heavy atom. The maximum absolute atomic E-state index is 14.4. The fourth-order valence-electron chi connectivity index (χ4n) is 1.65. The highest BCUT2D eigenvalue weighted by Gasteiger charge is 2.13. The summed E-state index contributed by atoms with van der Waals surface area (Å²) in [6.07, 6.45) is 1.54. The lowest BCUT2D eigenvalue weighted by atomic mass is 10.2. The first-order valence-electron chi connectivity index (χ1n) is 6.47. The van der Waals surface area contributed by atoms with Crippen molar-refractivity contribution >= 4 is 31.9 Å². The van der Waals surface area contributed by atoms with Crippen LogP contribution in [-0.4, -0.2) is 11.0 Å². The zero-order valence-corrected chi connectivity index (χ0v) is 14.8. The van der Waals surface area contributed by atoms with Crippen molar-refractivity contribution < 1.29 is 9.13 Å². The number of benzene rings is 1. The van der Waals surface area contributed by atoms with Crippen molar-refractivity contribution in [3.8, 4) is 11.6 Å². The van der Waals surface area contributed by atoms with E-state index in [1.165, 1.54) is 0 Å². The van der Waals surface area contributed by atoms with E-state index in [0.717, 1.165) is 8.95 Å². The van der Waals surface area contributed by atoms with E-state index >= 15 is 0 Å². The zero-order valence-electron chi connectivity index (χ0n) is 11.7. The molecule has 0 aliphatic rings. The maximum Gasteiger partial charge on any atom is 0.256 e. The summed E-state index contributed by atoms with van der Waals surface area (Å²) < 4.78 is 21.6. The monoisotopic (exact) mass is 416 g/mol. The van der Waals surface area contributed by atoms with Crippen LogP contribution in [0.1, 0.15) is 19.4 Å². The number of aromatic nitrogens is 1. The van der Waals surface area contributed by atoms with Gasteiger partial charge in [0.25, 0.3) is 5.88 Å². The average Bonchev–Trinajstić information content (AvgIpc) is 2.42. The van der Waals surface area contributed by atoms with E-state index < -0.39 is 5.82 Å². The number of nitrogens with one attached hydrogen (secondary N) is 1. The second-order valence-corrected chi connectivity index (χ2v) is 6.57. The Morgan fingerprint density at radius 1 is 1.29 bits per heavy atom. The number of hydrogen-bond acceptors (Lipinski definition) is 3. The number of hydrogen-bond donors (Lipinski definition) is 1. The Kier molecular flexibility index (Phi) is 5.72. The molecule has 0 aliphatic carbocycles. The van der Waals surface area contributed by atoms with Crippen LogP contribution >= 0.6 is 31.9 Å². The van der Waals surface area contributed by atoms with Crippen molar-refractivity contribution in [3.63, 3.8) is 0 Å². The first-order valence-corrected chi connectivity index (χ1v) is 8.05. The molecule has 112 valence electrons. The molecule has 0 saturated carbocycles. The highest BCUT2D eigenvalue weighted by molar-refractivity contribution is 9.11. The minimum Gasteiger partial charge on any atom is -0.435 e. The maximum atomic E-state index is 14.4. The number of ether oxygens (including phenoxy) is 1. The molecule has 0 amide bonds. The lowest BCUT2D eigenvalue weighted by Gasteiger charge is -2.12. The van der Waals surface area contributed by atoms with Crippen LogP contribution in [0.3, 0.4) is 0 Å². The Hall–Kier alpha value is -0.980. The van der Waals surface area contributed by atoms with Gasteiger partial charge in [0.15, 0.2) is 5.82 Å². The van der Waals surface area contributed by atoms with Crippen LogP contribution in [0.4, 0.5) is 4.39 Å².